The number of carbonyl (C=O) groups is 1. The number of benzene rings is 1. The number of hydrogen-bond donors (Lipinski definition) is 1. The van der Waals surface area contributed by atoms with Crippen molar-refractivity contribution in [3.05, 3.63) is 33.8 Å². The van der Waals surface area contributed by atoms with E-state index < -0.39 is 0 Å². The molecule has 1 saturated heterocycles. The number of Topliss-reactive ketones (excluding diaryl/α,β-unsaturated/α-hetero) is 1. The van der Waals surface area contributed by atoms with Crippen LogP contribution in [0.15, 0.2) is 18.2 Å². The van der Waals surface area contributed by atoms with Gasteiger partial charge in [-0.2, -0.15) is 0 Å². The van der Waals surface area contributed by atoms with E-state index in [4.69, 9.17) is 23.2 Å². The van der Waals surface area contributed by atoms with Gasteiger partial charge in [0.25, 0.3) is 0 Å². The van der Waals surface area contributed by atoms with Gasteiger partial charge in [-0.1, -0.05) is 29.3 Å². The van der Waals surface area contributed by atoms with Gasteiger partial charge in [0.05, 0.1) is 0 Å². The highest BCUT2D eigenvalue weighted by atomic mass is 35.5. The fraction of sp³-hybridized carbons (Fsp3) is 0.462. The largest absolute Gasteiger partial charge is 0.317 e. The number of rotatable bonds is 3. The lowest BCUT2D eigenvalue weighted by atomic mass is 9.90. The molecule has 17 heavy (non-hydrogen) atoms. The smallest absolute Gasteiger partial charge is 0.140 e. The zero-order valence-electron chi connectivity index (χ0n) is 9.51. The van der Waals surface area contributed by atoms with Gasteiger partial charge in [0.2, 0.25) is 0 Å². The summed E-state index contributed by atoms with van der Waals surface area (Å²) in [7, 11) is 0. The number of carbonyl (C=O) groups excluding carboxylic acids is 1. The number of piperidine rings is 1. The van der Waals surface area contributed by atoms with Crippen molar-refractivity contribution in [3.8, 4) is 0 Å². The highest BCUT2D eigenvalue weighted by Gasteiger charge is 2.21. The van der Waals surface area contributed by atoms with Crippen molar-refractivity contribution in [1.82, 2.24) is 5.32 Å². The molecule has 1 N–H and O–H groups in total. The average Bonchev–Trinajstić information content (AvgIpc) is 2.34. The Bertz CT molecular complexity index is 414. The van der Waals surface area contributed by atoms with Gasteiger partial charge in [0.15, 0.2) is 0 Å². The van der Waals surface area contributed by atoms with Gasteiger partial charge >= 0.3 is 0 Å². The first-order chi connectivity index (χ1) is 8.16. The second kappa shape index (κ2) is 5.85. The van der Waals surface area contributed by atoms with Crippen LogP contribution in [0.5, 0.6) is 0 Å². The molecular formula is C13H15Cl2NO. The van der Waals surface area contributed by atoms with E-state index in [2.05, 4.69) is 5.32 Å². The van der Waals surface area contributed by atoms with Crippen LogP contribution in [0.1, 0.15) is 18.4 Å². The minimum absolute atomic E-state index is 0.183. The molecule has 1 heterocycles. The second-order valence-corrected chi connectivity index (χ2v) is 5.25. The van der Waals surface area contributed by atoms with E-state index in [-0.39, 0.29) is 11.7 Å². The predicted molar refractivity (Wildman–Crippen MR) is 70.8 cm³/mol. The summed E-state index contributed by atoms with van der Waals surface area (Å²) in [6.45, 7) is 1.87. The molecular weight excluding hydrogens is 257 g/mol. The standard InChI is InChI=1S/C13H15Cl2NO/c14-11-2-1-10(12(15)8-11)7-13(17)9-3-5-16-6-4-9/h1-2,8-9,16H,3-7H2. The molecule has 1 aromatic carbocycles. The Morgan fingerprint density at radius 1 is 1.29 bits per heavy atom. The Morgan fingerprint density at radius 2 is 2.00 bits per heavy atom. The van der Waals surface area contributed by atoms with Crippen molar-refractivity contribution in [2.24, 2.45) is 5.92 Å². The topological polar surface area (TPSA) is 29.1 Å². The summed E-state index contributed by atoms with van der Waals surface area (Å²) in [5, 5.41) is 4.44. The van der Waals surface area contributed by atoms with Crippen molar-refractivity contribution < 1.29 is 4.79 Å². The molecule has 4 heteroatoms. The van der Waals surface area contributed by atoms with E-state index in [0.717, 1.165) is 31.5 Å². The molecule has 92 valence electrons. The molecule has 1 aromatic rings. The zero-order valence-corrected chi connectivity index (χ0v) is 11.0. The van der Waals surface area contributed by atoms with E-state index in [1.165, 1.54) is 0 Å². The van der Waals surface area contributed by atoms with Gasteiger partial charge in [0.1, 0.15) is 5.78 Å². The van der Waals surface area contributed by atoms with E-state index in [0.29, 0.717) is 16.5 Å². The fourth-order valence-electron chi connectivity index (χ4n) is 2.14. The van der Waals surface area contributed by atoms with Crippen molar-refractivity contribution in [3.63, 3.8) is 0 Å². The summed E-state index contributed by atoms with van der Waals surface area (Å²) in [5.74, 6) is 0.471. The quantitative estimate of drug-likeness (QED) is 0.916. The minimum atomic E-state index is 0.183. The van der Waals surface area contributed by atoms with E-state index in [9.17, 15) is 4.79 Å². The number of hydrogen-bond acceptors (Lipinski definition) is 2. The summed E-state index contributed by atoms with van der Waals surface area (Å²) < 4.78 is 0. The molecule has 1 fully saturated rings. The lowest BCUT2D eigenvalue weighted by molar-refractivity contribution is -0.122. The van der Waals surface area contributed by atoms with Crippen LogP contribution in [0.3, 0.4) is 0 Å². The van der Waals surface area contributed by atoms with Gasteiger partial charge in [-0.15, -0.1) is 0 Å². The van der Waals surface area contributed by atoms with Gasteiger partial charge < -0.3 is 5.32 Å². The summed E-state index contributed by atoms with van der Waals surface area (Å²) in [5.41, 5.74) is 0.875. The van der Waals surface area contributed by atoms with Crippen LogP contribution < -0.4 is 5.32 Å². The molecule has 0 aromatic heterocycles. The Labute approximate surface area is 111 Å². The Balaban J connectivity index is 2.02. The van der Waals surface area contributed by atoms with Crippen LogP contribution in [0, 0.1) is 5.92 Å². The van der Waals surface area contributed by atoms with Gasteiger partial charge in [-0.3, -0.25) is 4.79 Å². The van der Waals surface area contributed by atoms with Gasteiger partial charge in [-0.25, -0.2) is 0 Å². The Morgan fingerprint density at radius 3 is 2.65 bits per heavy atom. The van der Waals surface area contributed by atoms with Crippen molar-refractivity contribution >= 4 is 29.0 Å². The van der Waals surface area contributed by atoms with Crippen LogP contribution in [-0.2, 0) is 11.2 Å². The summed E-state index contributed by atoms with van der Waals surface area (Å²) in [6, 6.07) is 5.30. The summed E-state index contributed by atoms with van der Waals surface area (Å²) in [4.78, 5) is 12.1. The van der Waals surface area contributed by atoms with E-state index in [1.807, 2.05) is 6.07 Å². The SMILES string of the molecule is O=C(Cc1ccc(Cl)cc1Cl)C1CCNCC1. The molecule has 0 unspecified atom stereocenters. The Hall–Kier alpha value is -0.570. The predicted octanol–water partition coefficient (Wildman–Crippen LogP) is 3.10. The van der Waals surface area contributed by atoms with E-state index in [1.54, 1.807) is 12.1 Å². The van der Waals surface area contributed by atoms with Crippen LogP contribution in [0.2, 0.25) is 10.0 Å². The van der Waals surface area contributed by atoms with Crippen LogP contribution in [0.25, 0.3) is 0 Å². The molecule has 1 aliphatic rings. The first kappa shape index (κ1) is 12.9. The van der Waals surface area contributed by atoms with E-state index >= 15 is 0 Å². The van der Waals surface area contributed by atoms with Crippen molar-refractivity contribution in [1.29, 1.82) is 0 Å². The Kier molecular flexibility index (Phi) is 4.43. The highest BCUT2D eigenvalue weighted by molar-refractivity contribution is 6.35. The fourth-order valence-corrected chi connectivity index (χ4v) is 2.62. The maximum Gasteiger partial charge on any atom is 0.140 e. The lowest BCUT2D eigenvalue weighted by Gasteiger charge is -2.21. The number of ketones is 1. The minimum Gasteiger partial charge on any atom is -0.317 e. The van der Waals surface area contributed by atoms with Crippen LogP contribution >= 0.6 is 23.2 Å². The summed E-state index contributed by atoms with van der Waals surface area (Å²) in [6.07, 6.45) is 2.29. The molecule has 2 nitrogen and oxygen atoms in total. The molecule has 0 bridgehead atoms. The van der Waals surface area contributed by atoms with Crippen LogP contribution in [-0.4, -0.2) is 18.9 Å². The molecule has 0 saturated carbocycles. The van der Waals surface area contributed by atoms with Crippen LogP contribution in [0.4, 0.5) is 0 Å². The third-order valence-electron chi connectivity index (χ3n) is 3.17. The van der Waals surface area contributed by atoms with Gasteiger partial charge in [-0.05, 0) is 43.6 Å². The first-order valence-corrected chi connectivity index (χ1v) is 6.60. The molecule has 0 aliphatic carbocycles. The molecule has 0 radical (unpaired) electrons. The third kappa shape index (κ3) is 3.44. The van der Waals surface area contributed by atoms with Gasteiger partial charge in [0, 0.05) is 22.4 Å². The molecule has 0 spiro atoms. The molecule has 1 aliphatic heterocycles. The normalized spacial score (nSPS) is 17.1. The maximum absolute atomic E-state index is 12.1. The maximum atomic E-state index is 12.1. The second-order valence-electron chi connectivity index (χ2n) is 4.40. The third-order valence-corrected chi connectivity index (χ3v) is 3.76. The monoisotopic (exact) mass is 271 g/mol. The number of nitrogens with one attached hydrogen (secondary N) is 1. The zero-order chi connectivity index (χ0) is 12.3. The average molecular weight is 272 g/mol. The summed E-state index contributed by atoms with van der Waals surface area (Å²) >= 11 is 11.9. The highest BCUT2D eigenvalue weighted by Crippen LogP contribution is 2.23. The lowest BCUT2D eigenvalue weighted by Crippen LogP contribution is -2.32. The number of halogens is 2. The molecule has 0 atom stereocenters. The first-order valence-electron chi connectivity index (χ1n) is 5.84. The molecule has 2 rings (SSSR count). The van der Waals surface area contributed by atoms with Crippen molar-refractivity contribution in [2.75, 3.05) is 13.1 Å². The molecule has 0 amide bonds. The van der Waals surface area contributed by atoms with Crippen molar-refractivity contribution in [2.45, 2.75) is 19.3 Å².